The highest BCUT2D eigenvalue weighted by Gasteiger charge is 2.24. The van der Waals surface area contributed by atoms with E-state index in [2.05, 4.69) is 0 Å². The number of rotatable bonds is 8. The third kappa shape index (κ3) is 6.20. The molecule has 0 atom stereocenters. The zero-order chi connectivity index (χ0) is 17.6. The predicted octanol–water partition coefficient (Wildman–Crippen LogP) is 3.41. The van der Waals surface area contributed by atoms with Gasteiger partial charge in [-0.3, -0.25) is 9.10 Å². The molecule has 0 N–H and O–H groups in total. The summed E-state index contributed by atoms with van der Waals surface area (Å²) in [5.41, 5.74) is 0.284. The summed E-state index contributed by atoms with van der Waals surface area (Å²) in [7, 11) is -3.64. The lowest BCUT2D eigenvalue weighted by Crippen LogP contribution is -2.43. The van der Waals surface area contributed by atoms with Crippen LogP contribution in [-0.4, -0.2) is 45.1 Å². The molecule has 0 unspecified atom stereocenters. The standard InChI is InChI=1S/C15H22Cl2N2O3S/c1-4-6-18(7-5-2)15(20)11-19(23(3,21)22)14-9-12(16)8-13(17)10-14/h8-10H,4-7,11H2,1-3H3. The van der Waals surface area contributed by atoms with Crippen molar-refractivity contribution in [2.75, 3.05) is 30.2 Å². The smallest absolute Gasteiger partial charge is 0.243 e. The molecule has 1 aromatic carbocycles. The summed E-state index contributed by atoms with van der Waals surface area (Å²) < 4.78 is 25.2. The predicted molar refractivity (Wildman–Crippen MR) is 95.8 cm³/mol. The highest BCUT2D eigenvalue weighted by molar-refractivity contribution is 7.92. The Morgan fingerprint density at radius 1 is 1.04 bits per heavy atom. The Bertz CT molecular complexity index is 624. The van der Waals surface area contributed by atoms with Crippen molar-refractivity contribution in [3.05, 3.63) is 28.2 Å². The van der Waals surface area contributed by atoms with Crippen molar-refractivity contribution in [3.63, 3.8) is 0 Å². The molecule has 1 rings (SSSR count). The summed E-state index contributed by atoms with van der Waals surface area (Å²) in [5.74, 6) is -0.241. The molecule has 0 aliphatic heterocycles. The number of anilines is 1. The van der Waals surface area contributed by atoms with Crippen molar-refractivity contribution in [2.24, 2.45) is 0 Å². The van der Waals surface area contributed by atoms with Gasteiger partial charge in [0.2, 0.25) is 15.9 Å². The van der Waals surface area contributed by atoms with Crippen molar-refractivity contribution >= 4 is 44.8 Å². The van der Waals surface area contributed by atoms with Gasteiger partial charge in [-0.05, 0) is 31.0 Å². The number of amides is 1. The van der Waals surface area contributed by atoms with E-state index >= 15 is 0 Å². The fraction of sp³-hybridized carbons (Fsp3) is 0.533. The Kier molecular flexibility index (Phi) is 7.64. The number of hydrogen-bond acceptors (Lipinski definition) is 3. The molecular formula is C15H22Cl2N2O3S. The van der Waals surface area contributed by atoms with Crippen LogP contribution >= 0.6 is 23.2 Å². The molecule has 0 spiro atoms. The quantitative estimate of drug-likeness (QED) is 0.694. The Balaban J connectivity index is 3.11. The van der Waals surface area contributed by atoms with Gasteiger partial charge in [0, 0.05) is 23.1 Å². The minimum Gasteiger partial charge on any atom is -0.341 e. The van der Waals surface area contributed by atoms with Crippen molar-refractivity contribution in [2.45, 2.75) is 26.7 Å². The molecule has 0 aliphatic carbocycles. The van der Waals surface area contributed by atoms with Crippen molar-refractivity contribution < 1.29 is 13.2 Å². The van der Waals surface area contributed by atoms with Crippen LogP contribution in [0.3, 0.4) is 0 Å². The van der Waals surface area contributed by atoms with Gasteiger partial charge in [0.1, 0.15) is 6.54 Å². The Hall–Kier alpha value is -0.980. The lowest BCUT2D eigenvalue weighted by Gasteiger charge is -2.27. The molecule has 0 fully saturated rings. The second kappa shape index (κ2) is 8.76. The van der Waals surface area contributed by atoms with E-state index in [9.17, 15) is 13.2 Å². The number of sulfonamides is 1. The van der Waals surface area contributed by atoms with Crippen molar-refractivity contribution in [1.82, 2.24) is 4.90 Å². The van der Waals surface area contributed by atoms with E-state index in [1.165, 1.54) is 18.2 Å². The van der Waals surface area contributed by atoms with Gasteiger partial charge in [-0.2, -0.15) is 0 Å². The van der Waals surface area contributed by atoms with E-state index in [0.717, 1.165) is 23.4 Å². The van der Waals surface area contributed by atoms with Crippen LogP contribution in [0.2, 0.25) is 10.0 Å². The summed E-state index contributed by atoms with van der Waals surface area (Å²) in [4.78, 5) is 14.1. The van der Waals surface area contributed by atoms with Crippen LogP contribution in [0.1, 0.15) is 26.7 Å². The molecule has 0 radical (unpaired) electrons. The molecule has 0 aromatic heterocycles. The number of halogens is 2. The third-order valence-corrected chi connectivity index (χ3v) is 4.73. The summed E-state index contributed by atoms with van der Waals surface area (Å²) in [6.07, 6.45) is 2.68. The average molecular weight is 381 g/mol. The first-order chi connectivity index (χ1) is 10.7. The van der Waals surface area contributed by atoms with E-state index < -0.39 is 10.0 Å². The first-order valence-electron chi connectivity index (χ1n) is 7.40. The maximum absolute atomic E-state index is 12.5. The second-order valence-corrected chi connectivity index (χ2v) is 8.06. The van der Waals surface area contributed by atoms with Gasteiger partial charge >= 0.3 is 0 Å². The summed E-state index contributed by atoms with van der Waals surface area (Å²) in [6, 6.07) is 4.47. The van der Waals surface area contributed by atoms with Crippen LogP contribution in [0.4, 0.5) is 5.69 Å². The van der Waals surface area contributed by atoms with Crippen LogP contribution in [0, 0.1) is 0 Å². The molecule has 8 heteroatoms. The molecular weight excluding hydrogens is 359 g/mol. The number of nitrogens with zero attached hydrogens (tertiary/aromatic N) is 2. The normalized spacial score (nSPS) is 11.3. The number of carbonyl (C=O) groups is 1. The van der Waals surface area contributed by atoms with Gasteiger partial charge in [-0.1, -0.05) is 37.0 Å². The third-order valence-electron chi connectivity index (χ3n) is 3.15. The summed E-state index contributed by atoms with van der Waals surface area (Å²) in [6.45, 7) is 4.87. The van der Waals surface area contributed by atoms with E-state index in [1.807, 2.05) is 13.8 Å². The molecule has 0 saturated carbocycles. The molecule has 0 aliphatic rings. The van der Waals surface area contributed by atoms with Crippen LogP contribution in [0.15, 0.2) is 18.2 Å². The first-order valence-corrected chi connectivity index (χ1v) is 10.0. The fourth-order valence-electron chi connectivity index (χ4n) is 2.21. The zero-order valence-electron chi connectivity index (χ0n) is 13.6. The largest absolute Gasteiger partial charge is 0.341 e. The van der Waals surface area contributed by atoms with Crippen LogP contribution in [0.25, 0.3) is 0 Å². The maximum Gasteiger partial charge on any atom is 0.243 e. The Morgan fingerprint density at radius 3 is 1.91 bits per heavy atom. The highest BCUT2D eigenvalue weighted by atomic mass is 35.5. The topological polar surface area (TPSA) is 57.7 Å². The minimum absolute atomic E-state index is 0.241. The Morgan fingerprint density at radius 2 is 1.52 bits per heavy atom. The maximum atomic E-state index is 12.5. The van der Waals surface area contributed by atoms with E-state index in [4.69, 9.17) is 23.2 Å². The van der Waals surface area contributed by atoms with Gasteiger partial charge in [0.25, 0.3) is 0 Å². The number of carbonyl (C=O) groups excluding carboxylic acids is 1. The van der Waals surface area contributed by atoms with Gasteiger partial charge in [-0.15, -0.1) is 0 Å². The lowest BCUT2D eigenvalue weighted by molar-refractivity contribution is -0.129. The van der Waals surface area contributed by atoms with Gasteiger partial charge < -0.3 is 4.90 Å². The highest BCUT2D eigenvalue weighted by Crippen LogP contribution is 2.27. The molecule has 0 bridgehead atoms. The van der Waals surface area contributed by atoms with Gasteiger partial charge in [-0.25, -0.2) is 8.42 Å². The fourth-order valence-corrected chi connectivity index (χ4v) is 3.56. The molecule has 1 amide bonds. The Labute approximate surface area is 148 Å². The lowest BCUT2D eigenvalue weighted by atomic mass is 10.3. The SMILES string of the molecule is CCCN(CCC)C(=O)CN(c1cc(Cl)cc(Cl)c1)S(C)(=O)=O. The van der Waals surface area contributed by atoms with Crippen molar-refractivity contribution in [3.8, 4) is 0 Å². The number of hydrogen-bond donors (Lipinski definition) is 0. The monoisotopic (exact) mass is 380 g/mol. The van der Waals surface area contributed by atoms with Crippen LogP contribution in [-0.2, 0) is 14.8 Å². The van der Waals surface area contributed by atoms with Gasteiger partial charge in [0.05, 0.1) is 11.9 Å². The van der Waals surface area contributed by atoms with Crippen molar-refractivity contribution in [1.29, 1.82) is 0 Å². The number of benzene rings is 1. The minimum atomic E-state index is -3.64. The molecule has 0 saturated heterocycles. The molecule has 0 heterocycles. The molecule has 130 valence electrons. The van der Waals surface area contributed by atoms with Crippen LogP contribution in [0.5, 0.6) is 0 Å². The molecule has 23 heavy (non-hydrogen) atoms. The molecule has 5 nitrogen and oxygen atoms in total. The van der Waals surface area contributed by atoms with Crippen LogP contribution < -0.4 is 4.31 Å². The van der Waals surface area contributed by atoms with Gasteiger partial charge in [0.15, 0.2) is 0 Å². The van der Waals surface area contributed by atoms with E-state index in [-0.39, 0.29) is 18.1 Å². The van der Waals surface area contributed by atoms with E-state index in [1.54, 1.807) is 4.90 Å². The average Bonchev–Trinajstić information content (AvgIpc) is 2.41. The summed E-state index contributed by atoms with van der Waals surface area (Å²) >= 11 is 11.9. The summed E-state index contributed by atoms with van der Waals surface area (Å²) in [5, 5.41) is 0.625. The second-order valence-electron chi connectivity index (χ2n) is 5.28. The molecule has 1 aromatic rings. The zero-order valence-corrected chi connectivity index (χ0v) is 15.9. The van der Waals surface area contributed by atoms with E-state index in [0.29, 0.717) is 23.1 Å². The first kappa shape index (κ1) is 20.1.